The van der Waals surface area contributed by atoms with E-state index in [1.165, 1.54) is 6.07 Å². The number of quaternary nitrogens is 1. The van der Waals surface area contributed by atoms with Crippen molar-refractivity contribution in [2.75, 3.05) is 20.7 Å². The van der Waals surface area contributed by atoms with Crippen LogP contribution in [0.2, 0.25) is 0 Å². The number of halogens is 1. The molecule has 150 valence electrons. The van der Waals surface area contributed by atoms with Gasteiger partial charge in [0.1, 0.15) is 18.1 Å². The van der Waals surface area contributed by atoms with Crippen LogP contribution >= 0.6 is 0 Å². The van der Waals surface area contributed by atoms with Crippen molar-refractivity contribution < 1.29 is 18.8 Å². The molecule has 29 heavy (non-hydrogen) atoms. The van der Waals surface area contributed by atoms with Crippen molar-refractivity contribution in [3.63, 3.8) is 0 Å². The van der Waals surface area contributed by atoms with Gasteiger partial charge in [0.2, 0.25) is 0 Å². The first-order chi connectivity index (χ1) is 14.1. The van der Waals surface area contributed by atoms with Crippen molar-refractivity contribution in [1.29, 1.82) is 0 Å². The molecular weight excluding hydrogens is 367 g/mol. The number of amides is 1. The highest BCUT2D eigenvalue weighted by molar-refractivity contribution is 5.78. The first-order valence-electron chi connectivity index (χ1n) is 9.60. The molecule has 4 nitrogen and oxygen atoms in total. The van der Waals surface area contributed by atoms with Crippen molar-refractivity contribution in [1.82, 2.24) is 5.32 Å². The number of hydrogen-bond donors (Lipinski definition) is 2. The third kappa shape index (κ3) is 5.65. The molecule has 0 radical (unpaired) electrons. The van der Waals surface area contributed by atoms with E-state index in [-0.39, 0.29) is 24.3 Å². The van der Waals surface area contributed by atoms with Gasteiger partial charge in [-0.2, -0.15) is 0 Å². The van der Waals surface area contributed by atoms with E-state index >= 15 is 0 Å². The van der Waals surface area contributed by atoms with Crippen LogP contribution in [0.5, 0.6) is 5.75 Å². The Morgan fingerprint density at radius 1 is 0.966 bits per heavy atom. The summed E-state index contributed by atoms with van der Waals surface area (Å²) in [4.78, 5) is 13.7. The molecule has 5 heteroatoms. The number of rotatable bonds is 8. The summed E-state index contributed by atoms with van der Waals surface area (Å²) in [6.45, 7) is 0.687. The minimum absolute atomic E-state index is 0.0940. The predicted octanol–water partition coefficient (Wildman–Crippen LogP) is 2.75. The number of hydrogen-bond acceptors (Lipinski definition) is 2. The standard InChI is InChI=1S/C24H25FN2O2/c1-27(16-20-10-6-7-11-22(20)25)17-23(28)26-24(18-8-4-3-5-9-18)19-12-14-21(29-2)15-13-19/h3-15,24H,16-17H2,1-2H3,(H,26,28)/p+1/t24-/m1/s1. The van der Waals surface area contributed by atoms with Crippen molar-refractivity contribution in [2.45, 2.75) is 12.6 Å². The highest BCUT2D eigenvalue weighted by Gasteiger charge is 2.19. The fourth-order valence-corrected chi connectivity index (χ4v) is 3.32. The fraction of sp³-hybridized carbons (Fsp3) is 0.208. The van der Waals surface area contributed by atoms with Gasteiger partial charge in [-0.25, -0.2) is 4.39 Å². The molecule has 3 rings (SSSR count). The molecule has 2 atom stereocenters. The van der Waals surface area contributed by atoms with Gasteiger partial charge in [-0.05, 0) is 29.3 Å². The molecule has 1 unspecified atom stereocenters. The van der Waals surface area contributed by atoms with E-state index in [1.54, 1.807) is 25.3 Å². The molecule has 2 N–H and O–H groups in total. The Kier molecular flexibility index (Phi) is 6.98. The van der Waals surface area contributed by atoms with Gasteiger partial charge in [0.25, 0.3) is 5.91 Å². The van der Waals surface area contributed by atoms with Crippen molar-refractivity contribution >= 4 is 5.91 Å². The summed E-state index contributed by atoms with van der Waals surface area (Å²) in [5.74, 6) is 0.428. The topological polar surface area (TPSA) is 42.8 Å². The summed E-state index contributed by atoms with van der Waals surface area (Å²) in [5.41, 5.74) is 2.57. The molecule has 0 aliphatic heterocycles. The largest absolute Gasteiger partial charge is 0.497 e. The SMILES string of the molecule is COc1ccc([C@H](NC(=O)C[NH+](C)Cc2ccccc2F)c2ccccc2)cc1. The molecule has 0 heterocycles. The van der Waals surface area contributed by atoms with Gasteiger partial charge in [0.05, 0.1) is 20.2 Å². The number of methoxy groups -OCH3 is 1. The molecule has 3 aromatic carbocycles. The van der Waals surface area contributed by atoms with Gasteiger partial charge in [0, 0.05) is 5.56 Å². The molecule has 0 saturated carbocycles. The van der Waals surface area contributed by atoms with Crippen LogP contribution in [0.1, 0.15) is 22.7 Å². The molecule has 0 aliphatic carbocycles. The Balaban J connectivity index is 1.71. The van der Waals surface area contributed by atoms with E-state index in [0.717, 1.165) is 21.8 Å². The molecule has 0 aliphatic rings. The van der Waals surface area contributed by atoms with Crippen LogP contribution in [0.25, 0.3) is 0 Å². The number of carbonyl (C=O) groups is 1. The summed E-state index contributed by atoms with van der Waals surface area (Å²) in [7, 11) is 3.51. The molecule has 3 aromatic rings. The van der Waals surface area contributed by atoms with Gasteiger partial charge < -0.3 is 15.0 Å². The average molecular weight is 393 g/mol. The van der Waals surface area contributed by atoms with Crippen molar-refractivity contribution in [2.24, 2.45) is 0 Å². The quantitative estimate of drug-likeness (QED) is 0.618. The molecule has 0 spiro atoms. The second-order valence-electron chi connectivity index (χ2n) is 7.09. The molecule has 1 amide bonds. The van der Waals surface area contributed by atoms with Crippen LogP contribution < -0.4 is 15.0 Å². The third-order valence-corrected chi connectivity index (χ3v) is 4.80. The maximum absolute atomic E-state index is 13.9. The summed E-state index contributed by atoms with van der Waals surface area (Å²) in [6.07, 6.45) is 0. The highest BCUT2D eigenvalue weighted by Crippen LogP contribution is 2.24. The number of benzene rings is 3. The maximum Gasteiger partial charge on any atom is 0.275 e. The lowest BCUT2D eigenvalue weighted by molar-refractivity contribution is -0.885. The summed E-state index contributed by atoms with van der Waals surface area (Å²) in [5, 5.41) is 3.12. The predicted molar refractivity (Wildman–Crippen MR) is 111 cm³/mol. The Labute approximate surface area is 170 Å². The van der Waals surface area contributed by atoms with Crippen LogP contribution in [-0.2, 0) is 11.3 Å². The minimum Gasteiger partial charge on any atom is -0.497 e. The van der Waals surface area contributed by atoms with Gasteiger partial charge in [-0.3, -0.25) is 4.79 Å². The van der Waals surface area contributed by atoms with Crippen molar-refractivity contribution in [3.8, 4) is 5.75 Å². The molecule has 0 bridgehead atoms. The van der Waals surface area contributed by atoms with Crippen LogP contribution in [0.15, 0.2) is 78.9 Å². The van der Waals surface area contributed by atoms with E-state index in [2.05, 4.69) is 5.32 Å². The van der Waals surface area contributed by atoms with E-state index in [9.17, 15) is 9.18 Å². The van der Waals surface area contributed by atoms with Gasteiger partial charge in [-0.15, -0.1) is 0 Å². The highest BCUT2D eigenvalue weighted by atomic mass is 19.1. The van der Waals surface area contributed by atoms with Crippen LogP contribution in [0.3, 0.4) is 0 Å². The second-order valence-corrected chi connectivity index (χ2v) is 7.09. The van der Waals surface area contributed by atoms with Crippen molar-refractivity contribution in [3.05, 3.63) is 101 Å². The Morgan fingerprint density at radius 3 is 2.24 bits per heavy atom. The normalized spacial score (nSPS) is 12.8. The number of ether oxygens (including phenoxy) is 1. The Hall–Kier alpha value is -3.18. The Bertz CT molecular complexity index is 929. The van der Waals surface area contributed by atoms with Crippen LogP contribution in [0, 0.1) is 5.82 Å². The first kappa shape index (κ1) is 20.6. The monoisotopic (exact) mass is 393 g/mol. The van der Waals surface area contributed by atoms with Gasteiger partial charge in [0.15, 0.2) is 6.54 Å². The average Bonchev–Trinajstić information content (AvgIpc) is 2.74. The van der Waals surface area contributed by atoms with Crippen LogP contribution in [-0.4, -0.2) is 26.6 Å². The number of nitrogens with one attached hydrogen (secondary N) is 2. The van der Waals surface area contributed by atoms with Crippen LogP contribution in [0.4, 0.5) is 4.39 Å². The third-order valence-electron chi connectivity index (χ3n) is 4.80. The van der Waals surface area contributed by atoms with E-state index < -0.39 is 0 Å². The van der Waals surface area contributed by atoms with E-state index in [4.69, 9.17) is 4.74 Å². The fourth-order valence-electron chi connectivity index (χ4n) is 3.32. The number of carbonyl (C=O) groups excluding carboxylic acids is 1. The lowest BCUT2D eigenvalue weighted by Gasteiger charge is -2.21. The van der Waals surface area contributed by atoms with E-state index in [0.29, 0.717) is 12.1 Å². The minimum atomic E-state index is -0.268. The lowest BCUT2D eigenvalue weighted by atomic mass is 9.98. The zero-order valence-electron chi connectivity index (χ0n) is 16.7. The maximum atomic E-state index is 13.9. The molecular formula is C24H26FN2O2+. The second kappa shape index (κ2) is 9.85. The smallest absolute Gasteiger partial charge is 0.275 e. The number of likely N-dealkylation sites (N-methyl/N-ethyl adjacent to an activating group) is 1. The zero-order valence-corrected chi connectivity index (χ0v) is 16.7. The molecule has 0 saturated heterocycles. The summed E-state index contributed by atoms with van der Waals surface area (Å²) < 4.78 is 19.1. The van der Waals surface area contributed by atoms with E-state index in [1.807, 2.05) is 61.6 Å². The van der Waals surface area contributed by atoms with Gasteiger partial charge >= 0.3 is 0 Å². The lowest BCUT2D eigenvalue weighted by Crippen LogP contribution is -3.09. The molecule has 0 fully saturated rings. The first-order valence-corrected chi connectivity index (χ1v) is 9.60. The zero-order chi connectivity index (χ0) is 20.6. The Morgan fingerprint density at radius 2 is 1.59 bits per heavy atom. The van der Waals surface area contributed by atoms with Gasteiger partial charge in [-0.1, -0.05) is 60.7 Å². The summed E-state index contributed by atoms with van der Waals surface area (Å²) >= 11 is 0. The summed E-state index contributed by atoms with van der Waals surface area (Å²) in [6, 6.07) is 23.9. The molecule has 0 aromatic heterocycles.